The molecular weight excluding hydrogens is 246 g/mol. The lowest BCUT2D eigenvalue weighted by Crippen LogP contribution is -2.23. The Bertz CT molecular complexity index is 493. The van der Waals surface area contributed by atoms with Gasteiger partial charge in [0.25, 0.3) is 0 Å². The average molecular weight is 264 g/mol. The molecule has 0 saturated carbocycles. The summed E-state index contributed by atoms with van der Waals surface area (Å²) in [4.78, 5) is 0. The molecule has 0 aliphatic rings. The highest BCUT2D eigenvalue weighted by molar-refractivity contribution is 6.30. The second kappa shape index (κ2) is 6.07. The van der Waals surface area contributed by atoms with Crippen LogP contribution >= 0.6 is 11.6 Å². The molecule has 96 valence electrons. The SMILES string of the molecule is CCNC(Cc1ccoc1)c1ccc(Cl)cc1C. The number of furan rings is 1. The van der Waals surface area contributed by atoms with E-state index in [1.807, 2.05) is 18.2 Å². The van der Waals surface area contributed by atoms with Gasteiger partial charge in [0.1, 0.15) is 0 Å². The van der Waals surface area contributed by atoms with Crippen molar-refractivity contribution in [3.8, 4) is 0 Å². The van der Waals surface area contributed by atoms with Crippen LogP contribution in [0.4, 0.5) is 0 Å². The fraction of sp³-hybridized carbons (Fsp3) is 0.333. The molecular formula is C15H18ClNO. The van der Waals surface area contributed by atoms with Crippen molar-refractivity contribution in [3.63, 3.8) is 0 Å². The molecule has 0 bridgehead atoms. The Hall–Kier alpha value is -1.25. The third kappa shape index (κ3) is 3.15. The first-order valence-corrected chi connectivity index (χ1v) is 6.59. The molecule has 0 spiro atoms. The summed E-state index contributed by atoms with van der Waals surface area (Å²) in [6, 6.07) is 8.37. The topological polar surface area (TPSA) is 25.2 Å². The minimum Gasteiger partial charge on any atom is -0.472 e. The normalized spacial score (nSPS) is 12.6. The molecule has 1 unspecified atom stereocenters. The zero-order chi connectivity index (χ0) is 13.0. The highest BCUT2D eigenvalue weighted by Gasteiger charge is 2.14. The Labute approximate surface area is 113 Å². The molecule has 1 heterocycles. The smallest absolute Gasteiger partial charge is 0.0935 e. The molecule has 0 amide bonds. The minimum absolute atomic E-state index is 0.296. The molecule has 1 aromatic heterocycles. The van der Waals surface area contributed by atoms with Crippen molar-refractivity contribution in [1.29, 1.82) is 0 Å². The molecule has 0 saturated heterocycles. The third-order valence-electron chi connectivity index (χ3n) is 3.08. The van der Waals surface area contributed by atoms with Crippen LogP contribution in [0.2, 0.25) is 5.02 Å². The Morgan fingerprint density at radius 3 is 2.78 bits per heavy atom. The summed E-state index contributed by atoms with van der Waals surface area (Å²) in [5, 5.41) is 4.30. The van der Waals surface area contributed by atoms with Crippen molar-refractivity contribution in [3.05, 3.63) is 58.5 Å². The second-order valence-electron chi connectivity index (χ2n) is 4.45. The van der Waals surface area contributed by atoms with E-state index in [1.54, 1.807) is 12.5 Å². The van der Waals surface area contributed by atoms with Crippen LogP contribution in [0.1, 0.15) is 29.7 Å². The van der Waals surface area contributed by atoms with Gasteiger partial charge in [-0.25, -0.2) is 0 Å². The zero-order valence-electron chi connectivity index (χ0n) is 10.7. The first kappa shape index (κ1) is 13.2. The van der Waals surface area contributed by atoms with Crippen molar-refractivity contribution in [2.45, 2.75) is 26.3 Å². The van der Waals surface area contributed by atoms with E-state index in [-0.39, 0.29) is 0 Å². The van der Waals surface area contributed by atoms with E-state index in [0.717, 1.165) is 18.0 Å². The lowest BCUT2D eigenvalue weighted by Gasteiger charge is -2.20. The molecule has 0 aliphatic heterocycles. The fourth-order valence-corrected chi connectivity index (χ4v) is 2.44. The molecule has 1 N–H and O–H groups in total. The Kier molecular flexibility index (Phi) is 4.45. The van der Waals surface area contributed by atoms with Crippen molar-refractivity contribution < 1.29 is 4.42 Å². The van der Waals surface area contributed by atoms with Crippen LogP contribution in [-0.2, 0) is 6.42 Å². The van der Waals surface area contributed by atoms with Crippen molar-refractivity contribution in [2.75, 3.05) is 6.54 Å². The van der Waals surface area contributed by atoms with Gasteiger partial charge in [-0.1, -0.05) is 24.6 Å². The summed E-state index contributed by atoms with van der Waals surface area (Å²) < 4.78 is 5.13. The quantitative estimate of drug-likeness (QED) is 0.877. The predicted molar refractivity (Wildman–Crippen MR) is 75.0 cm³/mol. The van der Waals surface area contributed by atoms with Gasteiger partial charge in [-0.15, -0.1) is 0 Å². The first-order chi connectivity index (χ1) is 8.70. The van der Waals surface area contributed by atoms with Gasteiger partial charge in [-0.2, -0.15) is 0 Å². The zero-order valence-corrected chi connectivity index (χ0v) is 11.5. The van der Waals surface area contributed by atoms with Crippen LogP contribution in [0, 0.1) is 6.92 Å². The van der Waals surface area contributed by atoms with Crippen LogP contribution in [0.5, 0.6) is 0 Å². The molecule has 1 atom stereocenters. The number of nitrogens with one attached hydrogen (secondary N) is 1. The molecule has 0 radical (unpaired) electrons. The number of rotatable bonds is 5. The fourth-order valence-electron chi connectivity index (χ4n) is 2.21. The Morgan fingerprint density at radius 2 is 2.17 bits per heavy atom. The number of likely N-dealkylation sites (N-methyl/N-ethyl adjacent to an activating group) is 1. The summed E-state index contributed by atoms with van der Waals surface area (Å²) in [7, 11) is 0. The van der Waals surface area contributed by atoms with Gasteiger partial charge in [0.05, 0.1) is 12.5 Å². The molecule has 2 aromatic rings. The van der Waals surface area contributed by atoms with Gasteiger partial charge in [-0.05, 0) is 54.8 Å². The summed E-state index contributed by atoms with van der Waals surface area (Å²) in [6.07, 6.45) is 4.44. The lowest BCUT2D eigenvalue weighted by molar-refractivity contribution is 0.533. The van der Waals surface area contributed by atoms with Crippen molar-refractivity contribution in [2.24, 2.45) is 0 Å². The Morgan fingerprint density at radius 1 is 1.33 bits per heavy atom. The molecule has 0 fully saturated rings. The third-order valence-corrected chi connectivity index (χ3v) is 3.31. The number of halogens is 1. The van der Waals surface area contributed by atoms with Gasteiger partial charge in [0.15, 0.2) is 0 Å². The van der Waals surface area contributed by atoms with E-state index < -0.39 is 0 Å². The molecule has 2 nitrogen and oxygen atoms in total. The number of aryl methyl sites for hydroxylation is 1. The van der Waals surface area contributed by atoms with E-state index in [1.165, 1.54) is 16.7 Å². The van der Waals surface area contributed by atoms with Crippen LogP contribution < -0.4 is 5.32 Å². The van der Waals surface area contributed by atoms with E-state index in [4.69, 9.17) is 16.0 Å². The first-order valence-electron chi connectivity index (χ1n) is 6.21. The van der Waals surface area contributed by atoms with Crippen LogP contribution in [-0.4, -0.2) is 6.54 Å². The minimum atomic E-state index is 0.296. The van der Waals surface area contributed by atoms with Gasteiger partial charge < -0.3 is 9.73 Å². The van der Waals surface area contributed by atoms with Crippen LogP contribution in [0.15, 0.2) is 41.2 Å². The second-order valence-corrected chi connectivity index (χ2v) is 4.88. The summed E-state index contributed by atoms with van der Waals surface area (Å²) >= 11 is 6.01. The van der Waals surface area contributed by atoms with Crippen LogP contribution in [0.3, 0.4) is 0 Å². The predicted octanol–water partition coefficient (Wildman–Crippen LogP) is 4.13. The number of hydrogen-bond acceptors (Lipinski definition) is 2. The van der Waals surface area contributed by atoms with E-state index in [2.05, 4.69) is 25.2 Å². The summed E-state index contributed by atoms with van der Waals surface area (Å²) in [6.45, 7) is 5.15. The molecule has 18 heavy (non-hydrogen) atoms. The average Bonchev–Trinajstić information content (AvgIpc) is 2.81. The summed E-state index contributed by atoms with van der Waals surface area (Å²) in [5.74, 6) is 0. The maximum Gasteiger partial charge on any atom is 0.0935 e. The molecule has 3 heteroatoms. The number of benzene rings is 1. The summed E-state index contributed by atoms with van der Waals surface area (Å²) in [5.41, 5.74) is 3.72. The molecule has 0 aliphatic carbocycles. The van der Waals surface area contributed by atoms with E-state index in [0.29, 0.717) is 6.04 Å². The highest BCUT2D eigenvalue weighted by atomic mass is 35.5. The standard InChI is InChI=1S/C15H18ClNO/c1-3-17-15(9-12-6-7-18-10-12)14-5-4-13(16)8-11(14)2/h4-8,10,15,17H,3,9H2,1-2H3. The van der Waals surface area contributed by atoms with Gasteiger partial charge in [-0.3, -0.25) is 0 Å². The van der Waals surface area contributed by atoms with Gasteiger partial charge in [0, 0.05) is 11.1 Å². The molecule has 1 aromatic carbocycles. The van der Waals surface area contributed by atoms with E-state index >= 15 is 0 Å². The largest absolute Gasteiger partial charge is 0.472 e. The lowest BCUT2D eigenvalue weighted by atomic mass is 9.96. The van der Waals surface area contributed by atoms with Crippen molar-refractivity contribution in [1.82, 2.24) is 5.32 Å². The molecule has 2 rings (SSSR count). The van der Waals surface area contributed by atoms with Crippen LogP contribution in [0.25, 0.3) is 0 Å². The maximum atomic E-state index is 6.01. The number of hydrogen-bond donors (Lipinski definition) is 1. The van der Waals surface area contributed by atoms with E-state index in [9.17, 15) is 0 Å². The Balaban J connectivity index is 2.23. The van der Waals surface area contributed by atoms with Crippen molar-refractivity contribution >= 4 is 11.6 Å². The van der Waals surface area contributed by atoms with Gasteiger partial charge in [0.2, 0.25) is 0 Å². The maximum absolute atomic E-state index is 6.01. The van der Waals surface area contributed by atoms with Gasteiger partial charge >= 0.3 is 0 Å². The monoisotopic (exact) mass is 263 g/mol. The highest BCUT2D eigenvalue weighted by Crippen LogP contribution is 2.24.